The minimum Gasteiger partial charge on any atom is -0.497 e. The Balaban J connectivity index is 0.00000137. The highest BCUT2D eigenvalue weighted by Crippen LogP contribution is 2.40. The molecule has 0 bridgehead atoms. The van der Waals surface area contributed by atoms with Crippen LogP contribution in [-0.2, 0) is 14.5 Å². The molecule has 0 aliphatic heterocycles. The summed E-state index contributed by atoms with van der Waals surface area (Å²) in [5.41, 5.74) is 1.09. The van der Waals surface area contributed by atoms with Crippen molar-refractivity contribution < 1.29 is 34.3 Å². The number of carbonyl (C=O) groups excluding carboxylic acids is 2. The van der Waals surface area contributed by atoms with Gasteiger partial charge in [0.25, 0.3) is 0 Å². The molecule has 2 rings (SSSR count). The normalized spacial score (nSPS) is 16.5. The SMILES string of the molecule is C=C(CO)C(=O)OOc1cc(OC)cc(C2CCC(CCCCC)CC2)c1.C=CCO.CC=O. The molecule has 0 atom stereocenters. The number of aliphatic hydroxyl groups is 2. The summed E-state index contributed by atoms with van der Waals surface area (Å²) < 4.78 is 5.37. The summed E-state index contributed by atoms with van der Waals surface area (Å²) in [6.07, 6.45) is 12.3. The van der Waals surface area contributed by atoms with Crippen LogP contribution in [0.15, 0.2) is 43.0 Å². The predicted molar refractivity (Wildman–Crippen MR) is 134 cm³/mol. The van der Waals surface area contributed by atoms with E-state index >= 15 is 0 Å². The Bertz CT molecular complexity index is 722. The Morgan fingerprint density at radius 3 is 2.21 bits per heavy atom. The number of carbonyl (C=O) groups is 2. The van der Waals surface area contributed by atoms with Gasteiger partial charge in [-0.2, -0.15) is 0 Å². The molecule has 0 heterocycles. The standard InChI is InChI=1S/C22H32O5.C3H6O.C2H4O/c1-4-5-6-7-17-8-10-18(11-9-17)19-12-20(25-3)14-21(13-19)26-27-22(24)16(2)15-23;1-2-3-4;1-2-3/h12-14,17-18,23H,2,4-11,15H2,1,3H3;2,4H,1,3H2;2H,1H3. The first-order valence-corrected chi connectivity index (χ1v) is 11.9. The maximum Gasteiger partial charge on any atom is 0.383 e. The topological polar surface area (TPSA) is 102 Å². The molecular formula is C27H42O7. The van der Waals surface area contributed by atoms with Crippen molar-refractivity contribution in [3.05, 3.63) is 48.6 Å². The second kappa shape index (κ2) is 19.8. The van der Waals surface area contributed by atoms with Gasteiger partial charge in [0, 0.05) is 6.07 Å². The Morgan fingerprint density at radius 1 is 1.12 bits per heavy atom. The zero-order valence-electron chi connectivity index (χ0n) is 21.0. The highest BCUT2D eigenvalue weighted by molar-refractivity contribution is 5.87. The minimum absolute atomic E-state index is 0.0560. The fourth-order valence-corrected chi connectivity index (χ4v) is 3.67. The maximum absolute atomic E-state index is 11.6. The van der Waals surface area contributed by atoms with Crippen LogP contribution in [0.25, 0.3) is 0 Å². The predicted octanol–water partition coefficient (Wildman–Crippen LogP) is 5.30. The lowest BCUT2D eigenvalue weighted by atomic mass is 9.77. The highest BCUT2D eigenvalue weighted by atomic mass is 17.2. The van der Waals surface area contributed by atoms with E-state index in [1.54, 1.807) is 13.2 Å². The molecule has 0 spiro atoms. The molecule has 1 aliphatic rings. The molecule has 0 saturated heterocycles. The molecule has 1 aliphatic carbocycles. The first kappa shape index (κ1) is 31.4. The quantitative estimate of drug-likeness (QED) is 0.111. The first-order valence-electron chi connectivity index (χ1n) is 11.9. The Kier molecular flexibility index (Phi) is 18.3. The molecule has 2 N–H and O–H groups in total. The van der Waals surface area contributed by atoms with Crippen molar-refractivity contribution in [2.24, 2.45) is 5.92 Å². The fourth-order valence-electron chi connectivity index (χ4n) is 3.67. The maximum atomic E-state index is 11.6. The summed E-state index contributed by atoms with van der Waals surface area (Å²) in [6, 6.07) is 5.61. The van der Waals surface area contributed by atoms with Gasteiger partial charge >= 0.3 is 5.97 Å². The van der Waals surface area contributed by atoms with Crippen LogP contribution in [0.1, 0.15) is 76.7 Å². The van der Waals surface area contributed by atoms with Crippen molar-refractivity contribution in [1.29, 1.82) is 0 Å². The van der Waals surface area contributed by atoms with E-state index in [1.807, 2.05) is 12.1 Å². The van der Waals surface area contributed by atoms with Gasteiger partial charge in [-0.1, -0.05) is 45.3 Å². The molecular weight excluding hydrogens is 436 g/mol. The second-order valence-electron chi connectivity index (χ2n) is 8.08. The number of unbranched alkanes of at least 4 members (excludes halogenated alkanes) is 2. The minimum atomic E-state index is -0.783. The molecule has 0 amide bonds. The van der Waals surface area contributed by atoms with Gasteiger partial charge in [-0.3, -0.25) is 4.89 Å². The molecule has 0 radical (unpaired) electrons. The number of aldehydes is 1. The molecule has 0 unspecified atom stereocenters. The summed E-state index contributed by atoms with van der Waals surface area (Å²) >= 11 is 0. The molecule has 1 saturated carbocycles. The molecule has 1 fully saturated rings. The van der Waals surface area contributed by atoms with Crippen LogP contribution in [0, 0.1) is 5.92 Å². The van der Waals surface area contributed by atoms with Crippen LogP contribution in [0.3, 0.4) is 0 Å². The lowest BCUT2D eigenvalue weighted by molar-refractivity contribution is -0.209. The van der Waals surface area contributed by atoms with Gasteiger partial charge in [-0.25, -0.2) is 9.68 Å². The molecule has 1 aromatic carbocycles. The van der Waals surface area contributed by atoms with E-state index < -0.39 is 12.6 Å². The largest absolute Gasteiger partial charge is 0.497 e. The first-order chi connectivity index (χ1) is 16.4. The molecule has 34 heavy (non-hydrogen) atoms. The number of benzene rings is 1. The van der Waals surface area contributed by atoms with E-state index in [1.165, 1.54) is 51.5 Å². The third-order valence-electron chi connectivity index (χ3n) is 5.49. The number of methoxy groups -OCH3 is 1. The zero-order chi connectivity index (χ0) is 25.8. The van der Waals surface area contributed by atoms with Crippen molar-refractivity contribution in [2.45, 2.75) is 71.1 Å². The summed E-state index contributed by atoms with van der Waals surface area (Å²) in [5.74, 6) is 1.61. The van der Waals surface area contributed by atoms with Crippen molar-refractivity contribution in [3.8, 4) is 11.5 Å². The van der Waals surface area contributed by atoms with Gasteiger partial charge in [0.1, 0.15) is 12.0 Å². The van der Waals surface area contributed by atoms with Gasteiger partial charge in [-0.15, -0.1) is 6.58 Å². The average Bonchev–Trinajstić information content (AvgIpc) is 2.87. The number of rotatable bonds is 11. The van der Waals surface area contributed by atoms with Crippen LogP contribution in [0.5, 0.6) is 11.5 Å². The summed E-state index contributed by atoms with van der Waals surface area (Å²) in [6.45, 7) is 9.95. The van der Waals surface area contributed by atoms with Crippen molar-refractivity contribution in [1.82, 2.24) is 0 Å². The number of aliphatic hydroxyl groups excluding tert-OH is 2. The van der Waals surface area contributed by atoms with E-state index in [2.05, 4.69) is 20.1 Å². The second-order valence-corrected chi connectivity index (χ2v) is 8.08. The highest BCUT2D eigenvalue weighted by Gasteiger charge is 2.23. The lowest BCUT2D eigenvalue weighted by Crippen LogP contribution is -2.14. The van der Waals surface area contributed by atoms with Gasteiger partial charge < -0.3 is 19.7 Å². The molecule has 7 heteroatoms. The van der Waals surface area contributed by atoms with Crippen molar-refractivity contribution >= 4 is 12.3 Å². The zero-order valence-corrected chi connectivity index (χ0v) is 21.0. The summed E-state index contributed by atoms with van der Waals surface area (Å²) in [5, 5.41) is 16.7. The van der Waals surface area contributed by atoms with Gasteiger partial charge in [0.2, 0.25) is 0 Å². The van der Waals surface area contributed by atoms with Crippen LogP contribution in [0.2, 0.25) is 0 Å². The van der Waals surface area contributed by atoms with Gasteiger partial charge in [-0.05, 0) is 62.1 Å². The Hall–Kier alpha value is -2.64. The van der Waals surface area contributed by atoms with Crippen LogP contribution in [-0.4, -0.2) is 42.8 Å². The molecule has 192 valence electrons. The summed E-state index contributed by atoms with van der Waals surface area (Å²) in [4.78, 5) is 30.3. The monoisotopic (exact) mass is 478 g/mol. The van der Waals surface area contributed by atoms with Crippen molar-refractivity contribution in [3.63, 3.8) is 0 Å². The summed E-state index contributed by atoms with van der Waals surface area (Å²) in [7, 11) is 1.60. The van der Waals surface area contributed by atoms with Crippen LogP contribution in [0.4, 0.5) is 0 Å². The van der Waals surface area contributed by atoms with E-state index in [4.69, 9.17) is 29.5 Å². The number of hydrogen-bond acceptors (Lipinski definition) is 7. The van der Waals surface area contributed by atoms with Crippen LogP contribution >= 0.6 is 0 Å². The molecule has 7 nitrogen and oxygen atoms in total. The average molecular weight is 479 g/mol. The Labute approximate surface area is 204 Å². The van der Waals surface area contributed by atoms with Gasteiger partial charge in [0.15, 0.2) is 5.75 Å². The van der Waals surface area contributed by atoms with E-state index in [0.29, 0.717) is 17.4 Å². The van der Waals surface area contributed by atoms with Gasteiger partial charge in [0.05, 0.1) is 25.9 Å². The van der Waals surface area contributed by atoms with E-state index in [0.717, 1.165) is 30.6 Å². The third-order valence-corrected chi connectivity index (χ3v) is 5.49. The van der Waals surface area contributed by atoms with Crippen molar-refractivity contribution in [2.75, 3.05) is 20.3 Å². The third kappa shape index (κ3) is 13.2. The van der Waals surface area contributed by atoms with E-state index in [-0.39, 0.29) is 12.2 Å². The smallest absolute Gasteiger partial charge is 0.383 e. The Morgan fingerprint density at radius 2 is 1.71 bits per heavy atom. The fraction of sp³-hybridized carbons (Fsp3) is 0.556. The lowest BCUT2D eigenvalue weighted by Gasteiger charge is -2.29. The van der Waals surface area contributed by atoms with E-state index in [9.17, 15) is 4.79 Å². The number of hydrogen-bond donors (Lipinski definition) is 2. The number of ether oxygens (including phenoxy) is 1. The van der Waals surface area contributed by atoms with Crippen LogP contribution < -0.4 is 9.62 Å². The molecule has 0 aromatic heterocycles. The molecule has 1 aromatic rings.